The Labute approximate surface area is 441 Å². The molecule has 1 saturated carbocycles. The van der Waals surface area contributed by atoms with Crippen LogP contribution < -0.4 is 38.0 Å². The Morgan fingerprint density at radius 2 is 1.50 bits per heavy atom. The lowest BCUT2D eigenvalue weighted by Crippen LogP contribution is -2.48. The summed E-state index contributed by atoms with van der Waals surface area (Å²) in [5.74, 6) is -5.81. The number of Topliss-reactive ketones (excluding diaryl/α,β-unsaturated/α-hetero) is 3. The number of amides is 5. The SMILES string of the molecule is CCN(CCCC[C@H](NC(=O)C(CC(=O)[C@H](C)NC(=O)C(CC(=O)CC(C)C)Cc1ccccc1)CC1CCCCC1)C(=O)CC(CO)C(=O)NCCC(=O)N(CC(N)=O)CC1=CN(CCCNC)NN1)C(C)C. The molecule has 0 spiro atoms. The fourth-order valence-electron chi connectivity index (χ4n) is 9.83. The Bertz CT molecular complexity index is 1960. The molecular weight excluding hydrogens is 945 g/mol. The van der Waals surface area contributed by atoms with Crippen molar-refractivity contribution in [2.45, 2.75) is 162 Å². The maximum absolute atomic E-state index is 14.5. The Hall–Kier alpha value is -5.24. The summed E-state index contributed by atoms with van der Waals surface area (Å²) in [6, 6.07) is 7.80. The summed E-state index contributed by atoms with van der Waals surface area (Å²) < 4.78 is 0. The van der Waals surface area contributed by atoms with Crippen molar-refractivity contribution in [2.24, 2.45) is 35.3 Å². The van der Waals surface area contributed by atoms with Crippen molar-refractivity contribution >= 4 is 46.9 Å². The summed E-state index contributed by atoms with van der Waals surface area (Å²) >= 11 is 0. The molecule has 1 heterocycles. The number of aliphatic hydroxyl groups is 1. The number of hydrogen-bond acceptors (Lipinski definition) is 14. The van der Waals surface area contributed by atoms with Crippen molar-refractivity contribution in [3.63, 3.8) is 0 Å². The van der Waals surface area contributed by atoms with Gasteiger partial charge in [-0.15, -0.1) is 5.53 Å². The van der Waals surface area contributed by atoms with E-state index in [0.717, 1.165) is 70.1 Å². The van der Waals surface area contributed by atoms with Crippen LogP contribution in [-0.4, -0.2) is 144 Å². The van der Waals surface area contributed by atoms with Gasteiger partial charge < -0.3 is 47.3 Å². The van der Waals surface area contributed by atoms with Gasteiger partial charge in [-0.05, 0) is 103 Å². The number of ketones is 3. The maximum Gasteiger partial charge on any atom is 0.237 e. The quantitative estimate of drug-likeness (QED) is 0.0442. The van der Waals surface area contributed by atoms with Gasteiger partial charge in [0.15, 0.2) is 11.6 Å². The van der Waals surface area contributed by atoms with Crippen molar-refractivity contribution in [3.8, 4) is 0 Å². The van der Waals surface area contributed by atoms with Crippen LogP contribution in [0.4, 0.5) is 0 Å². The van der Waals surface area contributed by atoms with Crippen LogP contribution in [-0.2, 0) is 44.8 Å². The van der Waals surface area contributed by atoms with Crippen LogP contribution in [0.25, 0.3) is 0 Å². The number of primary amides is 1. The molecule has 3 rings (SSSR count). The van der Waals surface area contributed by atoms with E-state index >= 15 is 0 Å². The third kappa shape index (κ3) is 24.0. The van der Waals surface area contributed by atoms with Crippen LogP contribution in [0, 0.1) is 29.6 Å². The number of unbranched alkanes of at least 4 members (excludes halogenated alkanes) is 1. The van der Waals surface area contributed by atoms with E-state index in [-0.39, 0.29) is 68.7 Å². The van der Waals surface area contributed by atoms with Crippen molar-refractivity contribution in [3.05, 3.63) is 47.8 Å². The van der Waals surface area contributed by atoms with Crippen LogP contribution in [0.3, 0.4) is 0 Å². The highest BCUT2D eigenvalue weighted by Crippen LogP contribution is 2.31. The van der Waals surface area contributed by atoms with Crippen LogP contribution in [0.5, 0.6) is 0 Å². The summed E-state index contributed by atoms with van der Waals surface area (Å²) in [6.07, 6.45) is 9.58. The first-order valence-corrected chi connectivity index (χ1v) is 27.4. The molecule has 1 aromatic carbocycles. The van der Waals surface area contributed by atoms with E-state index < -0.39 is 78.2 Å². The Morgan fingerprint density at radius 1 is 0.811 bits per heavy atom. The number of carbonyl (C=O) groups excluding carboxylic acids is 8. The number of rotatable bonds is 38. The molecule has 3 unspecified atom stereocenters. The minimum atomic E-state index is -1.18. The van der Waals surface area contributed by atoms with Gasteiger partial charge in [-0.2, -0.15) is 0 Å². The lowest BCUT2D eigenvalue weighted by Gasteiger charge is -2.29. The van der Waals surface area contributed by atoms with E-state index in [9.17, 15) is 43.5 Å². The van der Waals surface area contributed by atoms with Crippen molar-refractivity contribution in [2.75, 3.05) is 59.5 Å². The van der Waals surface area contributed by atoms with E-state index in [1.807, 2.05) is 56.2 Å². The summed E-state index contributed by atoms with van der Waals surface area (Å²) in [4.78, 5) is 112. The Kier molecular flexibility index (Phi) is 29.3. The van der Waals surface area contributed by atoms with Gasteiger partial charge in [0, 0.05) is 69.3 Å². The molecule has 5 atom stereocenters. The number of aliphatic hydroxyl groups excluding tert-OH is 1. The van der Waals surface area contributed by atoms with Crippen molar-refractivity contribution in [1.29, 1.82) is 0 Å². The van der Waals surface area contributed by atoms with Gasteiger partial charge in [0.25, 0.3) is 0 Å². The van der Waals surface area contributed by atoms with Gasteiger partial charge in [0.1, 0.15) is 5.78 Å². The highest BCUT2D eigenvalue weighted by atomic mass is 16.3. The third-order valence-electron chi connectivity index (χ3n) is 14.1. The standard InChI is InChI=1S/C55H92N10O9/c1-8-63(39(4)5)26-16-15-22-48(50(69)33-45(37-66)53(72)58-25-23-52(71)64(36-51(56)70)34-46-35-65(62-61-46)27-17-24-57-7)60-55(74)44(30-42-20-13-10-14-21-42)32-49(68)40(6)59-54(73)43(31-47(67)28-38(2)3)29-41-18-11-9-12-19-41/h9,11-12,18-19,35,38-40,42-45,48,57,61-62,66H,8,10,13-17,20-34,36-37H2,1-7H3,(H2,56,70)(H,58,72)(H,59,73)(H,60,74)/t40-,43?,44?,45?,48-/m0/s1. The molecule has 2 aliphatic rings. The van der Waals surface area contributed by atoms with Gasteiger partial charge in [-0.3, -0.25) is 43.4 Å². The van der Waals surface area contributed by atoms with E-state index in [4.69, 9.17) is 5.73 Å². The Morgan fingerprint density at radius 3 is 2.14 bits per heavy atom. The number of carbonyl (C=O) groups is 8. The molecule has 5 amide bonds. The number of hydrogen-bond donors (Lipinski definition) is 8. The molecule has 74 heavy (non-hydrogen) atoms. The summed E-state index contributed by atoms with van der Waals surface area (Å²) in [5.41, 5.74) is 13.0. The fourth-order valence-corrected chi connectivity index (χ4v) is 9.83. The van der Waals surface area contributed by atoms with Crippen LogP contribution in [0.1, 0.15) is 143 Å². The number of nitrogens with one attached hydrogen (secondary N) is 6. The highest BCUT2D eigenvalue weighted by Gasteiger charge is 2.34. The molecule has 0 bridgehead atoms. The topological polar surface area (TPSA) is 265 Å². The molecule has 19 heteroatoms. The summed E-state index contributed by atoms with van der Waals surface area (Å²) in [6.45, 7) is 13.9. The zero-order valence-electron chi connectivity index (χ0n) is 45.7. The van der Waals surface area contributed by atoms with Crippen LogP contribution in [0.2, 0.25) is 0 Å². The number of benzene rings is 1. The lowest BCUT2D eigenvalue weighted by atomic mass is 9.80. The van der Waals surface area contributed by atoms with E-state index in [2.05, 4.69) is 57.9 Å². The molecule has 0 radical (unpaired) electrons. The zero-order valence-corrected chi connectivity index (χ0v) is 45.7. The number of hydrazine groups is 2. The molecule has 416 valence electrons. The van der Waals surface area contributed by atoms with E-state index in [1.54, 1.807) is 13.1 Å². The summed E-state index contributed by atoms with van der Waals surface area (Å²) in [7, 11) is 1.87. The normalized spacial score (nSPS) is 15.9. The molecule has 9 N–H and O–H groups in total. The summed E-state index contributed by atoms with van der Waals surface area (Å²) in [5, 5.41) is 23.9. The lowest BCUT2D eigenvalue weighted by molar-refractivity contribution is -0.136. The predicted molar refractivity (Wildman–Crippen MR) is 286 cm³/mol. The molecule has 19 nitrogen and oxygen atoms in total. The largest absolute Gasteiger partial charge is 0.396 e. The van der Waals surface area contributed by atoms with Crippen LogP contribution >= 0.6 is 0 Å². The third-order valence-corrected chi connectivity index (χ3v) is 14.1. The molecule has 1 fully saturated rings. The Balaban J connectivity index is 1.75. The van der Waals surface area contributed by atoms with Gasteiger partial charge in [-0.25, -0.2) is 0 Å². The maximum atomic E-state index is 14.5. The minimum Gasteiger partial charge on any atom is -0.396 e. The first kappa shape index (κ1) is 63.1. The zero-order chi connectivity index (χ0) is 54.6. The fraction of sp³-hybridized carbons (Fsp3) is 0.709. The minimum absolute atomic E-state index is 0.0265. The van der Waals surface area contributed by atoms with Gasteiger partial charge >= 0.3 is 0 Å². The predicted octanol–water partition coefficient (Wildman–Crippen LogP) is 3.45. The van der Waals surface area contributed by atoms with Crippen molar-refractivity contribution < 1.29 is 43.5 Å². The molecule has 0 aromatic heterocycles. The molecular formula is C55H92N10O9. The first-order chi connectivity index (χ1) is 35.3. The van der Waals surface area contributed by atoms with Gasteiger partial charge in [0.2, 0.25) is 29.5 Å². The van der Waals surface area contributed by atoms with E-state index in [0.29, 0.717) is 44.0 Å². The number of nitrogens with two attached hydrogens (primary N) is 1. The van der Waals surface area contributed by atoms with Gasteiger partial charge in [-0.1, -0.05) is 83.2 Å². The second-order valence-corrected chi connectivity index (χ2v) is 21.2. The average Bonchev–Trinajstić information content (AvgIpc) is 3.81. The average molecular weight is 1040 g/mol. The van der Waals surface area contributed by atoms with Crippen molar-refractivity contribution in [1.82, 2.24) is 47.0 Å². The molecule has 1 aromatic rings. The van der Waals surface area contributed by atoms with Crippen LogP contribution in [0.15, 0.2) is 42.2 Å². The first-order valence-electron chi connectivity index (χ1n) is 27.4. The monoisotopic (exact) mass is 1040 g/mol. The smallest absolute Gasteiger partial charge is 0.237 e. The second kappa shape index (κ2) is 34.4. The van der Waals surface area contributed by atoms with E-state index in [1.165, 1.54) is 4.90 Å². The second-order valence-electron chi connectivity index (χ2n) is 21.2. The molecule has 1 aliphatic carbocycles. The molecule has 0 saturated heterocycles. The van der Waals surface area contributed by atoms with Gasteiger partial charge in [0.05, 0.1) is 43.4 Å². The molecule has 1 aliphatic heterocycles. The highest BCUT2D eigenvalue weighted by molar-refractivity contribution is 5.96. The number of nitrogens with zero attached hydrogens (tertiary/aromatic N) is 3.